The first kappa shape index (κ1) is 17.4. The maximum atomic E-state index is 13.1. The van der Waals surface area contributed by atoms with E-state index >= 15 is 0 Å². The average molecular weight is 344 g/mol. The van der Waals surface area contributed by atoms with E-state index in [-0.39, 0.29) is 12.4 Å². The van der Waals surface area contributed by atoms with Crippen molar-refractivity contribution in [3.8, 4) is 11.5 Å². The van der Waals surface area contributed by atoms with Crippen LogP contribution >= 0.6 is 12.4 Å². The molecule has 1 unspecified atom stereocenters. The number of benzene rings is 1. The molecule has 2 aromatic rings. The third kappa shape index (κ3) is 3.86. The van der Waals surface area contributed by atoms with E-state index in [4.69, 9.17) is 4.42 Å². The number of aromatic nitrogens is 1. The summed E-state index contributed by atoms with van der Waals surface area (Å²) in [5, 5.41) is 5.17. The van der Waals surface area contributed by atoms with Gasteiger partial charge in [-0.1, -0.05) is 6.07 Å². The Morgan fingerprint density at radius 2 is 2.26 bits per heavy atom. The van der Waals surface area contributed by atoms with Crippen molar-refractivity contribution in [3.05, 3.63) is 36.2 Å². The number of nitrogens with zero attached hydrogens (tertiary/aromatic N) is 1. The van der Waals surface area contributed by atoms with E-state index in [1.807, 2.05) is 13.0 Å². The van der Waals surface area contributed by atoms with E-state index in [0.29, 0.717) is 11.6 Å². The molecule has 1 amide bonds. The maximum Gasteiger partial charge on any atom is 0.262 e. The Hall–Kier alpha value is -1.99. The molecule has 1 aromatic carbocycles. The van der Waals surface area contributed by atoms with Gasteiger partial charge in [0.15, 0.2) is 0 Å². The first-order chi connectivity index (χ1) is 10.4. The zero-order valence-electron chi connectivity index (χ0n) is 12.3. The second kappa shape index (κ2) is 6.64. The van der Waals surface area contributed by atoms with Gasteiger partial charge in [0.05, 0.1) is 18.8 Å². The van der Waals surface area contributed by atoms with Crippen LogP contribution in [-0.4, -0.2) is 29.4 Å². The van der Waals surface area contributed by atoms with E-state index in [2.05, 4.69) is 15.6 Å². The molecule has 1 aromatic heterocycles. The summed E-state index contributed by atoms with van der Waals surface area (Å²) in [5.74, 6) is -2.86. The molecule has 3 rings (SSSR count). The summed E-state index contributed by atoms with van der Waals surface area (Å²) in [4.78, 5) is 16.1. The monoisotopic (exact) mass is 343 g/mol. The van der Waals surface area contributed by atoms with Crippen molar-refractivity contribution in [2.24, 2.45) is 0 Å². The van der Waals surface area contributed by atoms with Crippen LogP contribution in [0.25, 0.3) is 11.5 Å². The van der Waals surface area contributed by atoms with Crippen LogP contribution in [0.15, 0.2) is 35.1 Å². The van der Waals surface area contributed by atoms with Gasteiger partial charge in [0.1, 0.15) is 6.26 Å². The van der Waals surface area contributed by atoms with Crippen LogP contribution in [0.3, 0.4) is 0 Å². The number of oxazole rings is 1. The number of alkyl halides is 2. The SMILES string of the molecule is Cc1ccc(NC(=O)C2CC(F)(F)CN2)cc1-c1ncco1.Cl. The van der Waals surface area contributed by atoms with Crippen LogP contribution in [0, 0.1) is 6.92 Å². The number of nitrogens with one attached hydrogen (secondary N) is 2. The molecule has 5 nitrogen and oxygen atoms in total. The number of halogens is 3. The lowest BCUT2D eigenvalue weighted by Crippen LogP contribution is -2.35. The average Bonchev–Trinajstić information content (AvgIpc) is 3.10. The number of hydrogen-bond acceptors (Lipinski definition) is 4. The van der Waals surface area contributed by atoms with Gasteiger partial charge in [-0.15, -0.1) is 12.4 Å². The smallest absolute Gasteiger partial charge is 0.262 e. The Bertz CT molecular complexity index is 692. The summed E-state index contributed by atoms with van der Waals surface area (Å²) >= 11 is 0. The Kier molecular flexibility index (Phi) is 5.01. The minimum atomic E-state index is -2.83. The number of amides is 1. The predicted molar refractivity (Wildman–Crippen MR) is 83.9 cm³/mol. The summed E-state index contributed by atoms with van der Waals surface area (Å²) in [6.07, 6.45) is 2.51. The molecule has 1 aliphatic rings. The second-order valence-corrected chi connectivity index (χ2v) is 5.35. The summed E-state index contributed by atoms with van der Waals surface area (Å²) < 4.78 is 31.5. The quantitative estimate of drug-likeness (QED) is 0.899. The summed E-state index contributed by atoms with van der Waals surface area (Å²) in [6, 6.07) is 4.35. The lowest BCUT2D eigenvalue weighted by atomic mass is 10.1. The van der Waals surface area contributed by atoms with Crippen molar-refractivity contribution < 1.29 is 18.0 Å². The first-order valence-corrected chi connectivity index (χ1v) is 6.87. The molecule has 2 N–H and O–H groups in total. The van der Waals surface area contributed by atoms with Gasteiger partial charge in [-0.05, 0) is 24.6 Å². The Labute approximate surface area is 137 Å². The lowest BCUT2D eigenvalue weighted by Gasteiger charge is -2.12. The highest BCUT2D eigenvalue weighted by atomic mass is 35.5. The van der Waals surface area contributed by atoms with E-state index in [1.165, 1.54) is 12.5 Å². The maximum absolute atomic E-state index is 13.1. The van der Waals surface area contributed by atoms with Crippen molar-refractivity contribution in [1.82, 2.24) is 10.3 Å². The lowest BCUT2D eigenvalue weighted by molar-refractivity contribution is -0.118. The highest BCUT2D eigenvalue weighted by molar-refractivity contribution is 5.95. The fourth-order valence-electron chi connectivity index (χ4n) is 2.42. The normalized spacial score (nSPS) is 19.2. The molecular weight excluding hydrogens is 328 g/mol. The molecule has 0 saturated carbocycles. The van der Waals surface area contributed by atoms with Crippen molar-refractivity contribution in [3.63, 3.8) is 0 Å². The fourth-order valence-corrected chi connectivity index (χ4v) is 2.42. The van der Waals surface area contributed by atoms with Crippen LogP contribution in [-0.2, 0) is 4.79 Å². The molecule has 1 fully saturated rings. The molecule has 8 heteroatoms. The van der Waals surface area contributed by atoms with Crippen molar-refractivity contribution in [2.45, 2.75) is 25.3 Å². The molecule has 1 aliphatic heterocycles. The van der Waals surface area contributed by atoms with Crippen LogP contribution in [0.2, 0.25) is 0 Å². The van der Waals surface area contributed by atoms with Gasteiger partial charge < -0.3 is 9.73 Å². The highest BCUT2D eigenvalue weighted by Crippen LogP contribution is 2.27. The van der Waals surface area contributed by atoms with Gasteiger partial charge in [-0.3, -0.25) is 10.1 Å². The largest absolute Gasteiger partial charge is 0.445 e. The second-order valence-electron chi connectivity index (χ2n) is 5.35. The van der Waals surface area contributed by atoms with Crippen molar-refractivity contribution in [1.29, 1.82) is 0 Å². The summed E-state index contributed by atoms with van der Waals surface area (Å²) in [6.45, 7) is 1.42. The van der Waals surface area contributed by atoms with E-state index in [9.17, 15) is 13.6 Å². The van der Waals surface area contributed by atoms with Crippen molar-refractivity contribution in [2.75, 3.05) is 11.9 Å². The van der Waals surface area contributed by atoms with Crippen LogP contribution < -0.4 is 10.6 Å². The zero-order valence-corrected chi connectivity index (χ0v) is 13.1. The molecule has 2 heterocycles. The summed E-state index contributed by atoms with van der Waals surface area (Å²) in [7, 11) is 0. The molecule has 23 heavy (non-hydrogen) atoms. The van der Waals surface area contributed by atoms with Gasteiger partial charge >= 0.3 is 0 Å². The molecule has 1 atom stereocenters. The minimum absolute atomic E-state index is 0. The topological polar surface area (TPSA) is 67.2 Å². The number of hydrogen-bond donors (Lipinski definition) is 2. The highest BCUT2D eigenvalue weighted by Gasteiger charge is 2.42. The van der Waals surface area contributed by atoms with Crippen LogP contribution in [0.1, 0.15) is 12.0 Å². The van der Waals surface area contributed by atoms with Gasteiger partial charge in [0.2, 0.25) is 11.8 Å². The minimum Gasteiger partial charge on any atom is -0.445 e. The summed E-state index contributed by atoms with van der Waals surface area (Å²) in [5.41, 5.74) is 2.19. The molecular formula is C15H16ClF2N3O2. The number of aryl methyl sites for hydroxylation is 1. The Balaban J connectivity index is 0.00000192. The number of carbonyl (C=O) groups excluding carboxylic acids is 1. The molecule has 0 spiro atoms. The van der Waals surface area contributed by atoms with Gasteiger partial charge in [0.25, 0.3) is 5.92 Å². The third-order valence-electron chi connectivity index (χ3n) is 3.59. The Morgan fingerprint density at radius 3 is 2.87 bits per heavy atom. The van der Waals surface area contributed by atoms with E-state index < -0.39 is 30.8 Å². The number of anilines is 1. The fraction of sp³-hybridized carbons (Fsp3) is 0.333. The molecule has 0 bridgehead atoms. The van der Waals surface area contributed by atoms with Gasteiger partial charge in [-0.2, -0.15) is 0 Å². The Morgan fingerprint density at radius 1 is 1.48 bits per heavy atom. The van der Waals surface area contributed by atoms with Crippen LogP contribution in [0.4, 0.5) is 14.5 Å². The molecule has 124 valence electrons. The van der Waals surface area contributed by atoms with Crippen molar-refractivity contribution >= 4 is 24.0 Å². The van der Waals surface area contributed by atoms with Gasteiger partial charge in [-0.25, -0.2) is 13.8 Å². The first-order valence-electron chi connectivity index (χ1n) is 6.87. The standard InChI is InChI=1S/C15H15F2N3O2.ClH/c1-9-2-3-10(6-11(9)14-18-4-5-22-14)20-13(21)12-7-15(16,17)8-19-12;/h2-6,12,19H,7-8H2,1H3,(H,20,21);1H. The zero-order chi connectivity index (χ0) is 15.7. The molecule has 1 saturated heterocycles. The predicted octanol–water partition coefficient (Wildman–Crippen LogP) is 3.01. The third-order valence-corrected chi connectivity index (χ3v) is 3.59. The number of rotatable bonds is 3. The number of carbonyl (C=O) groups is 1. The van der Waals surface area contributed by atoms with E-state index in [0.717, 1.165) is 11.1 Å². The molecule has 0 aliphatic carbocycles. The van der Waals surface area contributed by atoms with E-state index in [1.54, 1.807) is 12.1 Å². The van der Waals surface area contributed by atoms with Crippen LogP contribution in [0.5, 0.6) is 0 Å². The molecule has 0 radical (unpaired) electrons. The van der Waals surface area contributed by atoms with Gasteiger partial charge in [0, 0.05) is 17.7 Å².